The summed E-state index contributed by atoms with van der Waals surface area (Å²) >= 11 is 0. The number of benzene rings is 1. The average molecular weight is 254 g/mol. The Morgan fingerprint density at radius 3 is 2.95 bits per heavy atom. The summed E-state index contributed by atoms with van der Waals surface area (Å²) in [4.78, 5) is 8.56. The number of aromatic nitrogens is 3. The Morgan fingerprint density at radius 1 is 1.11 bits per heavy atom. The number of pyridine rings is 1. The Kier molecular flexibility index (Phi) is 3.47. The van der Waals surface area contributed by atoms with Gasteiger partial charge in [0.2, 0.25) is 5.89 Å². The molecule has 0 radical (unpaired) electrons. The first-order valence-electron chi connectivity index (χ1n) is 6.23. The summed E-state index contributed by atoms with van der Waals surface area (Å²) in [6.45, 7) is 1.52. The first kappa shape index (κ1) is 11.8. The molecule has 0 atom stereocenters. The minimum Gasteiger partial charge on any atom is -0.340 e. The van der Waals surface area contributed by atoms with E-state index in [2.05, 4.69) is 32.6 Å². The van der Waals surface area contributed by atoms with E-state index < -0.39 is 0 Å². The maximum Gasteiger partial charge on any atom is 0.227 e. The molecule has 3 aromatic rings. The van der Waals surface area contributed by atoms with E-state index in [1.54, 1.807) is 0 Å². The number of nitrogens with one attached hydrogen (secondary N) is 1. The van der Waals surface area contributed by atoms with Gasteiger partial charge in [-0.1, -0.05) is 29.4 Å². The highest BCUT2D eigenvalue weighted by Crippen LogP contribution is 2.11. The topological polar surface area (TPSA) is 63.8 Å². The van der Waals surface area contributed by atoms with E-state index in [1.165, 1.54) is 6.33 Å². The van der Waals surface area contributed by atoms with Crippen LogP contribution in [0.15, 0.2) is 47.2 Å². The van der Waals surface area contributed by atoms with Gasteiger partial charge in [-0.2, -0.15) is 4.98 Å². The highest BCUT2D eigenvalue weighted by atomic mass is 16.5. The SMILES string of the molecule is c1ccc2nc(CNCCc3ncno3)ccc2c1. The standard InChI is InChI=1S/C14H14N4O/c1-2-4-13-11(3-1)5-6-12(18-13)9-15-8-7-14-16-10-17-19-14/h1-6,10,15H,7-9H2. The van der Waals surface area contributed by atoms with Crippen LogP contribution < -0.4 is 5.32 Å². The third kappa shape index (κ3) is 2.95. The summed E-state index contributed by atoms with van der Waals surface area (Å²) in [5, 5.41) is 8.05. The molecule has 5 heteroatoms. The van der Waals surface area contributed by atoms with Crippen molar-refractivity contribution in [2.45, 2.75) is 13.0 Å². The summed E-state index contributed by atoms with van der Waals surface area (Å²) in [5.74, 6) is 0.652. The molecule has 0 spiro atoms. The molecule has 0 bridgehead atoms. The summed E-state index contributed by atoms with van der Waals surface area (Å²) in [5.41, 5.74) is 2.06. The fourth-order valence-corrected chi connectivity index (χ4v) is 1.92. The van der Waals surface area contributed by atoms with Gasteiger partial charge in [-0.3, -0.25) is 4.98 Å². The average Bonchev–Trinajstić information content (AvgIpc) is 2.97. The summed E-state index contributed by atoms with van der Waals surface area (Å²) in [7, 11) is 0. The second-order valence-corrected chi connectivity index (χ2v) is 4.26. The van der Waals surface area contributed by atoms with Gasteiger partial charge < -0.3 is 9.84 Å². The zero-order valence-electron chi connectivity index (χ0n) is 10.4. The molecule has 0 amide bonds. The van der Waals surface area contributed by atoms with Gasteiger partial charge in [0.25, 0.3) is 0 Å². The number of hydrogen-bond donors (Lipinski definition) is 1. The molecule has 0 unspecified atom stereocenters. The fourth-order valence-electron chi connectivity index (χ4n) is 1.92. The predicted molar refractivity (Wildman–Crippen MR) is 71.5 cm³/mol. The quantitative estimate of drug-likeness (QED) is 0.705. The number of rotatable bonds is 5. The lowest BCUT2D eigenvalue weighted by Crippen LogP contribution is -2.17. The van der Waals surface area contributed by atoms with Crippen molar-refractivity contribution in [2.24, 2.45) is 0 Å². The molecule has 0 aliphatic carbocycles. The van der Waals surface area contributed by atoms with Crippen molar-refractivity contribution in [3.05, 3.63) is 54.3 Å². The van der Waals surface area contributed by atoms with Crippen LogP contribution in [0.1, 0.15) is 11.6 Å². The molecule has 2 heterocycles. The van der Waals surface area contributed by atoms with Gasteiger partial charge in [0, 0.05) is 24.9 Å². The Morgan fingerprint density at radius 2 is 2.05 bits per heavy atom. The van der Waals surface area contributed by atoms with Gasteiger partial charge in [-0.15, -0.1) is 0 Å². The van der Waals surface area contributed by atoms with Gasteiger partial charge >= 0.3 is 0 Å². The van der Waals surface area contributed by atoms with E-state index in [9.17, 15) is 0 Å². The van der Waals surface area contributed by atoms with Gasteiger partial charge in [0.1, 0.15) is 0 Å². The van der Waals surface area contributed by atoms with Crippen molar-refractivity contribution in [1.82, 2.24) is 20.4 Å². The van der Waals surface area contributed by atoms with Gasteiger partial charge in [-0.25, -0.2) is 0 Å². The van der Waals surface area contributed by atoms with Crippen LogP contribution in [0.5, 0.6) is 0 Å². The van der Waals surface area contributed by atoms with Crippen LogP contribution in [0, 0.1) is 0 Å². The molecule has 1 N–H and O–H groups in total. The smallest absolute Gasteiger partial charge is 0.227 e. The molecule has 0 aliphatic heterocycles. The minimum atomic E-state index is 0.652. The van der Waals surface area contributed by atoms with Gasteiger partial charge in [0.05, 0.1) is 11.2 Å². The zero-order chi connectivity index (χ0) is 12.9. The third-order valence-electron chi connectivity index (χ3n) is 2.88. The van der Waals surface area contributed by atoms with Crippen molar-refractivity contribution >= 4 is 10.9 Å². The molecule has 3 rings (SSSR count). The van der Waals surface area contributed by atoms with Crippen LogP contribution in [-0.4, -0.2) is 21.7 Å². The van der Waals surface area contributed by atoms with Crippen LogP contribution in [0.3, 0.4) is 0 Å². The molecule has 1 aromatic carbocycles. The highest BCUT2D eigenvalue weighted by Gasteiger charge is 2.00. The van der Waals surface area contributed by atoms with E-state index in [1.807, 2.05) is 24.3 Å². The molecule has 2 aromatic heterocycles. The Bertz CT molecular complexity index is 651. The molecule has 5 nitrogen and oxygen atoms in total. The predicted octanol–water partition coefficient (Wildman–Crippen LogP) is 1.95. The van der Waals surface area contributed by atoms with E-state index in [4.69, 9.17) is 4.52 Å². The van der Waals surface area contributed by atoms with E-state index in [-0.39, 0.29) is 0 Å². The van der Waals surface area contributed by atoms with Crippen molar-refractivity contribution < 1.29 is 4.52 Å². The lowest BCUT2D eigenvalue weighted by atomic mass is 10.2. The second-order valence-electron chi connectivity index (χ2n) is 4.26. The van der Waals surface area contributed by atoms with Crippen LogP contribution >= 0.6 is 0 Å². The molecule has 0 fully saturated rings. The largest absolute Gasteiger partial charge is 0.340 e. The molecule has 0 saturated carbocycles. The third-order valence-corrected chi connectivity index (χ3v) is 2.88. The summed E-state index contributed by atoms with van der Waals surface area (Å²) in [6.07, 6.45) is 2.15. The number of nitrogens with zero attached hydrogens (tertiary/aromatic N) is 3. The number of fused-ring (bicyclic) bond motifs is 1. The Balaban J connectivity index is 1.56. The molecular weight excluding hydrogens is 240 g/mol. The zero-order valence-corrected chi connectivity index (χ0v) is 10.4. The summed E-state index contributed by atoms with van der Waals surface area (Å²) < 4.78 is 4.93. The van der Waals surface area contributed by atoms with E-state index in [0.29, 0.717) is 5.89 Å². The molecule has 96 valence electrons. The van der Waals surface area contributed by atoms with E-state index >= 15 is 0 Å². The number of hydrogen-bond acceptors (Lipinski definition) is 5. The normalized spacial score (nSPS) is 10.9. The Hall–Kier alpha value is -2.27. The molecule has 19 heavy (non-hydrogen) atoms. The van der Waals surface area contributed by atoms with Gasteiger partial charge in [0.15, 0.2) is 6.33 Å². The highest BCUT2D eigenvalue weighted by molar-refractivity contribution is 5.78. The van der Waals surface area contributed by atoms with Crippen LogP contribution in [-0.2, 0) is 13.0 Å². The maximum absolute atomic E-state index is 4.93. The molecular formula is C14H14N4O. The van der Waals surface area contributed by atoms with Crippen molar-refractivity contribution in [3.63, 3.8) is 0 Å². The molecule has 0 saturated heterocycles. The van der Waals surface area contributed by atoms with Crippen LogP contribution in [0.25, 0.3) is 10.9 Å². The lowest BCUT2D eigenvalue weighted by Gasteiger charge is -2.04. The molecule has 0 aliphatic rings. The maximum atomic E-state index is 4.93. The summed E-state index contributed by atoms with van der Waals surface area (Å²) in [6, 6.07) is 12.3. The monoisotopic (exact) mass is 254 g/mol. The first-order valence-corrected chi connectivity index (χ1v) is 6.23. The minimum absolute atomic E-state index is 0.652. The van der Waals surface area contributed by atoms with E-state index in [0.717, 1.165) is 36.1 Å². The lowest BCUT2D eigenvalue weighted by molar-refractivity contribution is 0.375. The van der Waals surface area contributed by atoms with Crippen molar-refractivity contribution in [1.29, 1.82) is 0 Å². The number of para-hydroxylation sites is 1. The van der Waals surface area contributed by atoms with Crippen LogP contribution in [0.4, 0.5) is 0 Å². The first-order chi connectivity index (χ1) is 9.42. The van der Waals surface area contributed by atoms with Crippen molar-refractivity contribution in [3.8, 4) is 0 Å². The Labute approximate surface area is 110 Å². The second kappa shape index (κ2) is 5.58. The van der Waals surface area contributed by atoms with Crippen molar-refractivity contribution in [2.75, 3.05) is 6.54 Å². The van der Waals surface area contributed by atoms with Gasteiger partial charge in [-0.05, 0) is 12.1 Å². The fraction of sp³-hybridized carbons (Fsp3) is 0.214. The van der Waals surface area contributed by atoms with Crippen LogP contribution in [0.2, 0.25) is 0 Å².